The quantitative estimate of drug-likeness (QED) is 0.576. The molecule has 0 spiro atoms. The zero-order valence-corrected chi connectivity index (χ0v) is 16.4. The van der Waals surface area contributed by atoms with Crippen LogP contribution in [0.2, 0.25) is 0 Å². The highest BCUT2D eigenvalue weighted by molar-refractivity contribution is 5.20. The van der Waals surface area contributed by atoms with Crippen LogP contribution < -0.4 is 0 Å². The fourth-order valence-corrected chi connectivity index (χ4v) is 3.70. The van der Waals surface area contributed by atoms with Crippen molar-refractivity contribution in [2.24, 2.45) is 0 Å². The number of rotatable bonds is 9. The standard InChI is InChI=1S/C25H29NO2/c1-2-23(25(28)24(27)22-16-10-5-11-17-22)26(18-20-12-6-3-7-13-20)19-21-14-8-4-9-15-21/h3-17,23-25,27-28H,2,18-19H2,1H3/t23-,24-,25+/m1/s1. The molecule has 2 N–H and O–H groups in total. The summed E-state index contributed by atoms with van der Waals surface area (Å²) in [6.45, 7) is 3.49. The highest BCUT2D eigenvalue weighted by Crippen LogP contribution is 2.25. The minimum Gasteiger partial charge on any atom is -0.388 e. The highest BCUT2D eigenvalue weighted by Gasteiger charge is 2.31. The van der Waals surface area contributed by atoms with Crippen molar-refractivity contribution in [1.29, 1.82) is 0 Å². The summed E-state index contributed by atoms with van der Waals surface area (Å²) >= 11 is 0. The molecule has 3 aromatic carbocycles. The van der Waals surface area contributed by atoms with E-state index in [1.165, 1.54) is 11.1 Å². The predicted octanol–water partition coefficient (Wildman–Crippen LogP) is 4.56. The third-order valence-corrected chi connectivity index (χ3v) is 5.20. The second-order valence-corrected chi connectivity index (χ2v) is 7.20. The Labute approximate surface area is 167 Å². The number of aliphatic hydroxyl groups excluding tert-OH is 2. The molecule has 3 heteroatoms. The molecular weight excluding hydrogens is 346 g/mol. The summed E-state index contributed by atoms with van der Waals surface area (Å²) in [5.74, 6) is 0. The topological polar surface area (TPSA) is 43.7 Å². The van der Waals surface area contributed by atoms with Crippen LogP contribution in [0, 0.1) is 0 Å². The van der Waals surface area contributed by atoms with E-state index < -0.39 is 12.2 Å². The smallest absolute Gasteiger partial charge is 0.106 e. The second-order valence-electron chi connectivity index (χ2n) is 7.20. The van der Waals surface area contributed by atoms with Crippen molar-refractivity contribution < 1.29 is 10.2 Å². The fraction of sp³-hybridized carbons (Fsp3) is 0.280. The summed E-state index contributed by atoms with van der Waals surface area (Å²) < 4.78 is 0. The normalized spacial score (nSPS) is 14.6. The molecule has 0 bridgehead atoms. The van der Waals surface area contributed by atoms with Gasteiger partial charge in [-0.1, -0.05) is 97.9 Å². The van der Waals surface area contributed by atoms with Crippen molar-refractivity contribution in [3.05, 3.63) is 108 Å². The van der Waals surface area contributed by atoms with Gasteiger partial charge in [0.2, 0.25) is 0 Å². The number of hydrogen-bond donors (Lipinski definition) is 2. The van der Waals surface area contributed by atoms with Crippen LogP contribution in [0.1, 0.15) is 36.1 Å². The molecule has 0 heterocycles. The highest BCUT2D eigenvalue weighted by atomic mass is 16.3. The van der Waals surface area contributed by atoms with Gasteiger partial charge in [0.25, 0.3) is 0 Å². The number of aliphatic hydroxyl groups is 2. The van der Waals surface area contributed by atoms with E-state index in [9.17, 15) is 10.2 Å². The summed E-state index contributed by atoms with van der Waals surface area (Å²) in [4.78, 5) is 2.27. The second kappa shape index (κ2) is 10.2. The van der Waals surface area contributed by atoms with Crippen molar-refractivity contribution in [3.63, 3.8) is 0 Å². The van der Waals surface area contributed by atoms with Crippen molar-refractivity contribution in [1.82, 2.24) is 4.90 Å². The van der Waals surface area contributed by atoms with E-state index in [1.807, 2.05) is 66.7 Å². The predicted molar refractivity (Wildman–Crippen MR) is 114 cm³/mol. The molecule has 3 nitrogen and oxygen atoms in total. The Kier molecular flexibility index (Phi) is 7.38. The molecule has 3 rings (SSSR count). The summed E-state index contributed by atoms with van der Waals surface area (Å²) in [6, 6.07) is 29.8. The SMILES string of the molecule is CC[C@H]([C@H](O)[C@H](O)c1ccccc1)N(Cc1ccccc1)Cc1ccccc1. The van der Waals surface area contributed by atoms with Gasteiger partial charge in [-0.05, 0) is 23.1 Å². The van der Waals surface area contributed by atoms with Crippen LogP contribution in [0.4, 0.5) is 0 Å². The maximum Gasteiger partial charge on any atom is 0.106 e. The third kappa shape index (κ3) is 5.29. The molecule has 0 amide bonds. The minimum atomic E-state index is -0.916. The molecular formula is C25H29NO2. The van der Waals surface area contributed by atoms with Crippen LogP contribution in [0.5, 0.6) is 0 Å². The lowest BCUT2D eigenvalue weighted by atomic mass is 9.95. The molecule has 28 heavy (non-hydrogen) atoms. The molecule has 0 radical (unpaired) electrons. The Morgan fingerprint density at radius 2 is 1.11 bits per heavy atom. The molecule has 3 atom stereocenters. The number of nitrogens with zero attached hydrogens (tertiary/aromatic N) is 1. The number of hydrogen-bond acceptors (Lipinski definition) is 3. The molecule has 0 unspecified atom stereocenters. The summed E-state index contributed by atoms with van der Waals surface area (Å²) in [6.07, 6.45) is -1.05. The average Bonchev–Trinajstić information content (AvgIpc) is 2.75. The lowest BCUT2D eigenvalue weighted by molar-refractivity contribution is -0.0464. The van der Waals surface area contributed by atoms with E-state index in [0.717, 1.165) is 12.0 Å². The summed E-state index contributed by atoms with van der Waals surface area (Å²) in [5, 5.41) is 21.9. The van der Waals surface area contributed by atoms with Crippen molar-refractivity contribution in [2.75, 3.05) is 0 Å². The Bertz CT molecular complexity index is 766. The van der Waals surface area contributed by atoms with Gasteiger partial charge < -0.3 is 10.2 Å². The van der Waals surface area contributed by atoms with Gasteiger partial charge in [0.05, 0.1) is 6.10 Å². The Morgan fingerprint density at radius 1 is 0.679 bits per heavy atom. The van der Waals surface area contributed by atoms with Gasteiger partial charge in [0.15, 0.2) is 0 Å². The molecule has 0 saturated carbocycles. The lowest BCUT2D eigenvalue weighted by Gasteiger charge is -2.36. The first-order valence-corrected chi connectivity index (χ1v) is 9.92. The monoisotopic (exact) mass is 375 g/mol. The van der Waals surface area contributed by atoms with E-state index in [-0.39, 0.29) is 6.04 Å². The van der Waals surface area contributed by atoms with Crippen LogP contribution >= 0.6 is 0 Å². The molecule has 0 aliphatic carbocycles. The number of benzene rings is 3. The van der Waals surface area contributed by atoms with Gasteiger partial charge in [-0.3, -0.25) is 4.90 Å². The first kappa shape index (κ1) is 20.3. The molecule has 0 aromatic heterocycles. The van der Waals surface area contributed by atoms with Crippen LogP contribution in [0.15, 0.2) is 91.0 Å². The maximum atomic E-state index is 11.1. The van der Waals surface area contributed by atoms with Gasteiger partial charge in [0, 0.05) is 19.1 Å². The zero-order chi connectivity index (χ0) is 19.8. The Morgan fingerprint density at radius 3 is 1.54 bits per heavy atom. The van der Waals surface area contributed by atoms with Gasteiger partial charge in [0.1, 0.15) is 6.10 Å². The van der Waals surface area contributed by atoms with Gasteiger partial charge in [-0.2, -0.15) is 0 Å². The largest absolute Gasteiger partial charge is 0.388 e. The van der Waals surface area contributed by atoms with Crippen LogP contribution in [-0.2, 0) is 13.1 Å². The van der Waals surface area contributed by atoms with Gasteiger partial charge in [-0.25, -0.2) is 0 Å². The maximum absolute atomic E-state index is 11.1. The molecule has 0 saturated heterocycles. The van der Waals surface area contributed by atoms with E-state index in [4.69, 9.17) is 0 Å². The summed E-state index contributed by atoms with van der Waals surface area (Å²) in [5.41, 5.74) is 3.13. The van der Waals surface area contributed by atoms with Crippen molar-refractivity contribution in [3.8, 4) is 0 Å². The van der Waals surface area contributed by atoms with Crippen LogP contribution in [-0.4, -0.2) is 27.3 Å². The van der Waals surface area contributed by atoms with Crippen molar-refractivity contribution in [2.45, 2.75) is 44.7 Å². The van der Waals surface area contributed by atoms with Crippen LogP contribution in [0.3, 0.4) is 0 Å². The third-order valence-electron chi connectivity index (χ3n) is 5.20. The van der Waals surface area contributed by atoms with Crippen molar-refractivity contribution >= 4 is 0 Å². The molecule has 0 aliphatic rings. The van der Waals surface area contributed by atoms with Gasteiger partial charge in [-0.15, -0.1) is 0 Å². The lowest BCUT2D eigenvalue weighted by Crippen LogP contribution is -2.45. The molecule has 3 aromatic rings. The fourth-order valence-electron chi connectivity index (χ4n) is 3.70. The first-order valence-electron chi connectivity index (χ1n) is 9.92. The average molecular weight is 376 g/mol. The summed E-state index contributed by atoms with van der Waals surface area (Å²) in [7, 11) is 0. The minimum absolute atomic E-state index is 0.171. The van der Waals surface area contributed by atoms with E-state index in [2.05, 4.69) is 36.1 Å². The molecule has 0 aliphatic heterocycles. The van der Waals surface area contributed by atoms with Crippen LogP contribution in [0.25, 0.3) is 0 Å². The Hall–Kier alpha value is -2.46. The first-order chi connectivity index (χ1) is 13.7. The molecule has 146 valence electrons. The van der Waals surface area contributed by atoms with E-state index >= 15 is 0 Å². The molecule has 0 fully saturated rings. The van der Waals surface area contributed by atoms with E-state index in [1.54, 1.807) is 0 Å². The van der Waals surface area contributed by atoms with E-state index in [0.29, 0.717) is 13.1 Å². The zero-order valence-electron chi connectivity index (χ0n) is 16.4. The Balaban J connectivity index is 1.84. The van der Waals surface area contributed by atoms with Gasteiger partial charge >= 0.3 is 0 Å².